The number of alkyl halides is 3. The first-order valence-electron chi connectivity index (χ1n) is 9.36. The topological polar surface area (TPSA) is 73.3 Å². The lowest BCUT2D eigenvalue weighted by molar-refractivity contribution is -0.137. The molecule has 2 aromatic heterocycles. The molecule has 1 aliphatic heterocycles. The first-order chi connectivity index (χ1) is 14.7. The molecule has 0 bridgehead atoms. The van der Waals surface area contributed by atoms with Gasteiger partial charge in [-0.05, 0) is 42.3 Å². The minimum absolute atomic E-state index is 0.150. The van der Waals surface area contributed by atoms with E-state index in [4.69, 9.17) is 9.47 Å². The molecule has 1 atom stereocenters. The Kier molecular flexibility index (Phi) is 5.04. The number of benzene rings is 1. The summed E-state index contributed by atoms with van der Waals surface area (Å²) in [5.41, 5.74) is -0.0840. The van der Waals surface area contributed by atoms with Gasteiger partial charge in [-0.2, -0.15) is 13.2 Å². The van der Waals surface area contributed by atoms with Crippen molar-refractivity contribution in [3.63, 3.8) is 0 Å². The summed E-state index contributed by atoms with van der Waals surface area (Å²) in [5, 5.41) is 2.74. The summed E-state index contributed by atoms with van der Waals surface area (Å²) >= 11 is 0. The van der Waals surface area contributed by atoms with Gasteiger partial charge in [0.1, 0.15) is 0 Å². The highest BCUT2D eigenvalue weighted by Gasteiger charge is 2.44. The highest BCUT2D eigenvalue weighted by atomic mass is 19.4. The Labute approximate surface area is 176 Å². The summed E-state index contributed by atoms with van der Waals surface area (Å²) in [4.78, 5) is 21.1. The fourth-order valence-corrected chi connectivity index (χ4v) is 3.42. The van der Waals surface area contributed by atoms with Crippen molar-refractivity contribution < 1.29 is 27.4 Å². The van der Waals surface area contributed by atoms with Gasteiger partial charge in [-0.15, -0.1) is 0 Å². The van der Waals surface area contributed by atoms with Crippen molar-refractivity contribution in [3.8, 4) is 22.9 Å². The second-order valence-corrected chi connectivity index (χ2v) is 7.27. The third kappa shape index (κ3) is 4.03. The minimum atomic E-state index is -4.45. The van der Waals surface area contributed by atoms with Gasteiger partial charge in [-0.25, -0.2) is 9.97 Å². The smallest absolute Gasteiger partial charge is 0.416 e. The number of anilines is 1. The summed E-state index contributed by atoms with van der Waals surface area (Å²) in [6.07, 6.45) is -1.40. The Morgan fingerprint density at radius 3 is 2.68 bits per heavy atom. The van der Waals surface area contributed by atoms with Crippen LogP contribution in [0.5, 0.6) is 11.8 Å². The first-order valence-corrected chi connectivity index (χ1v) is 9.36. The lowest BCUT2D eigenvalue weighted by atomic mass is 9.92. The second kappa shape index (κ2) is 7.57. The average Bonchev–Trinajstić information content (AvgIpc) is 3.11. The third-order valence-corrected chi connectivity index (χ3v) is 5.04. The Morgan fingerprint density at radius 2 is 2.00 bits per heavy atom. The van der Waals surface area contributed by atoms with E-state index in [0.29, 0.717) is 28.3 Å². The maximum atomic E-state index is 13.1. The van der Waals surface area contributed by atoms with Gasteiger partial charge < -0.3 is 14.8 Å². The fraction of sp³-hybridized carbons (Fsp3) is 0.227. The summed E-state index contributed by atoms with van der Waals surface area (Å²) in [7, 11) is 1.49. The monoisotopic (exact) mass is 429 g/mol. The number of aromatic nitrogens is 2. The molecule has 9 heteroatoms. The summed E-state index contributed by atoms with van der Waals surface area (Å²) in [6, 6.07) is 9.90. The molecule has 0 saturated heterocycles. The minimum Gasteiger partial charge on any atom is -0.481 e. The molecule has 31 heavy (non-hydrogen) atoms. The molecule has 0 fully saturated rings. The van der Waals surface area contributed by atoms with Crippen LogP contribution in [0, 0.1) is 0 Å². The molecule has 1 aromatic carbocycles. The predicted octanol–water partition coefficient (Wildman–Crippen LogP) is 4.50. The van der Waals surface area contributed by atoms with Crippen LogP contribution < -0.4 is 14.8 Å². The number of ether oxygens (including phenoxy) is 2. The number of hydrogen-bond acceptors (Lipinski definition) is 5. The number of methoxy groups -OCH3 is 1. The molecule has 1 amide bonds. The summed E-state index contributed by atoms with van der Waals surface area (Å²) < 4.78 is 50.3. The molecule has 0 aliphatic carbocycles. The maximum absolute atomic E-state index is 13.1. The highest BCUT2D eigenvalue weighted by molar-refractivity contribution is 5.98. The number of amides is 1. The SMILES string of the molecule is COc1ccc(NC(=O)C2(C)Cc3c(-c4cccc(C(F)(F)F)c4)ccnc3O2)cn1. The van der Waals surface area contributed by atoms with Gasteiger partial charge >= 0.3 is 6.18 Å². The number of hydrogen-bond donors (Lipinski definition) is 1. The predicted molar refractivity (Wildman–Crippen MR) is 107 cm³/mol. The molecule has 1 N–H and O–H groups in total. The highest BCUT2D eigenvalue weighted by Crippen LogP contribution is 2.41. The van der Waals surface area contributed by atoms with Gasteiger partial charge in [0.2, 0.25) is 11.8 Å². The largest absolute Gasteiger partial charge is 0.481 e. The summed E-state index contributed by atoms with van der Waals surface area (Å²) in [6.45, 7) is 1.61. The normalized spacial score (nSPS) is 17.6. The number of carbonyl (C=O) groups excluding carboxylic acids is 1. The molecule has 3 aromatic rings. The average molecular weight is 429 g/mol. The standard InChI is InChI=1S/C22H18F3N3O3/c1-21(20(29)28-15-6-7-18(30-2)27-12-15)11-17-16(8-9-26-19(17)31-21)13-4-3-5-14(10-13)22(23,24)25/h3-10,12H,11H2,1-2H3,(H,28,29). The lowest BCUT2D eigenvalue weighted by Gasteiger charge is -2.22. The van der Waals surface area contributed by atoms with Crippen LogP contribution in [-0.2, 0) is 17.4 Å². The fourth-order valence-electron chi connectivity index (χ4n) is 3.42. The Hall–Kier alpha value is -3.62. The van der Waals surface area contributed by atoms with Gasteiger partial charge in [0.15, 0.2) is 5.60 Å². The van der Waals surface area contributed by atoms with Crippen LogP contribution in [0.2, 0.25) is 0 Å². The van der Waals surface area contributed by atoms with Gasteiger partial charge in [0, 0.05) is 24.2 Å². The van der Waals surface area contributed by atoms with Crippen LogP contribution >= 0.6 is 0 Å². The van der Waals surface area contributed by atoms with Crippen LogP contribution in [0.3, 0.4) is 0 Å². The quantitative estimate of drug-likeness (QED) is 0.661. The number of carbonyl (C=O) groups is 1. The van der Waals surface area contributed by atoms with Crippen molar-refractivity contribution >= 4 is 11.6 Å². The lowest BCUT2D eigenvalue weighted by Crippen LogP contribution is -2.44. The molecular formula is C22H18F3N3O3. The number of halogens is 3. The molecule has 0 saturated carbocycles. The van der Waals surface area contributed by atoms with E-state index in [-0.39, 0.29) is 12.3 Å². The molecule has 0 spiro atoms. The van der Waals surface area contributed by atoms with Gasteiger partial charge in [0.25, 0.3) is 5.91 Å². The van der Waals surface area contributed by atoms with Gasteiger partial charge in [-0.3, -0.25) is 4.79 Å². The number of fused-ring (bicyclic) bond motifs is 1. The van der Waals surface area contributed by atoms with E-state index < -0.39 is 23.2 Å². The van der Waals surface area contributed by atoms with Gasteiger partial charge in [0.05, 0.1) is 24.6 Å². The van der Waals surface area contributed by atoms with Crippen LogP contribution in [0.15, 0.2) is 54.9 Å². The Balaban J connectivity index is 1.61. The van der Waals surface area contributed by atoms with Crippen LogP contribution in [-0.4, -0.2) is 28.6 Å². The van der Waals surface area contributed by atoms with E-state index in [1.807, 2.05) is 0 Å². The maximum Gasteiger partial charge on any atom is 0.416 e. The van der Waals surface area contributed by atoms with E-state index in [9.17, 15) is 18.0 Å². The number of nitrogens with one attached hydrogen (secondary N) is 1. The molecule has 0 radical (unpaired) electrons. The van der Waals surface area contributed by atoms with Crippen LogP contribution in [0.25, 0.3) is 11.1 Å². The molecular weight excluding hydrogens is 411 g/mol. The van der Waals surface area contributed by atoms with E-state index in [1.165, 1.54) is 25.6 Å². The van der Waals surface area contributed by atoms with Crippen molar-refractivity contribution in [3.05, 3.63) is 66.0 Å². The summed E-state index contributed by atoms with van der Waals surface area (Å²) in [5.74, 6) is 0.205. The first kappa shape index (κ1) is 20.6. The van der Waals surface area contributed by atoms with Crippen LogP contribution in [0.4, 0.5) is 18.9 Å². The van der Waals surface area contributed by atoms with Crippen molar-refractivity contribution in [1.29, 1.82) is 0 Å². The van der Waals surface area contributed by atoms with E-state index >= 15 is 0 Å². The van der Waals surface area contributed by atoms with Gasteiger partial charge in [-0.1, -0.05) is 12.1 Å². The second-order valence-electron chi connectivity index (χ2n) is 7.27. The Morgan fingerprint density at radius 1 is 1.19 bits per heavy atom. The van der Waals surface area contributed by atoms with Crippen molar-refractivity contribution in [2.45, 2.75) is 25.1 Å². The molecule has 1 unspecified atom stereocenters. The van der Waals surface area contributed by atoms with Crippen molar-refractivity contribution in [1.82, 2.24) is 9.97 Å². The zero-order valence-corrected chi connectivity index (χ0v) is 16.7. The zero-order valence-electron chi connectivity index (χ0n) is 16.7. The van der Waals surface area contributed by atoms with Crippen molar-refractivity contribution in [2.75, 3.05) is 12.4 Å². The number of pyridine rings is 2. The molecule has 3 heterocycles. The van der Waals surface area contributed by atoms with Crippen LogP contribution in [0.1, 0.15) is 18.1 Å². The number of nitrogens with zero attached hydrogens (tertiary/aromatic N) is 2. The zero-order chi connectivity index (χ0) is 22.2. The number of rotatable bonds is 4. The molecule has 160 valence electrons. The third-order valence-electron chi connectivity index (χ3n) is 5.04. The molecule has 1 aliphatic rings. The van der Waals surface area contributed by atoms with E-state index in [2.05, 4.69) is 15.3 Å². The molecule has 4 rings (SSSR count). The van der Waals surface area contributed by atoms with E-state index in [1.54, 1.807) is 31.2 Å². The Bertz CT molecular complexity index is 1130. The van der Waals surface area contributed by atoms with Crippen molar-refractivity contribution in [2.24, 2.45) is 0 Å². The van der Waals surface area contributed by atoms with E-state index in [0.717, 1.165) is 12.1 Å². The molecule has 6 nitrogen and oxygen atoms in total.